The van der Waals surface area contributed by atoms with Crippen molar-refractivity contribution in [2.75, 3.05) is 5.73 Å². The second-order valence-electron chi connectivity index (χ2n) is 4.24. The number of alkyl halides is 3. The molecule has 8 heteroatoms. The van der Waals surface area contributed by atoms with Gasteiger partial charge in [0.2, 0.25) is 0 Å². The Bertz CT molecular complexity index is 649. The SMILES string of the molecule is Cc1nn(Cc2ccc(F)cc2C(F)(F)F)c(N)c1Br. The van der Waals surface area contributed by atoms with Gasteiger partial charge in [-0.1, -0.05) is 6.07 Å². The molecule has 0 amide bonds. The fraction of sp³-hybridized carbons (Fsp3) is 0.250. The molecule has 0 aliphatic carbocycles. The molecule has 0 radical (unpaired) electrons. The summed E-state index contributed by atoms with van der Waals surface area (Å²) < 4.78 is 53.4. The average molecular weight is 352 g/mol. The minimum Gasteiger partial charge on any atom is -0.383 e. The molecule has 0 unspecified atom stereocenters. The molecular formula is C12H10BrF4N3. The molecule has 0 aliphatic rings. The Morgan fingerprint density at radius 3 is 2.50 bits per heavy atom. The highest BCUT2D eigenvalue weighted by molar-refractivity contribution is 9.10. The van der Waals surface area contributed by atoms with Crippen molar-refractivity contribution in [3.63, 3.8) is 0 Å². The van der Waals surface area contributed by atoms with Crippen LogP contribution in [0.4, 0.5) is 23.4 Å². The van der Waals surface area contributed by atoms with Gasteiger partial charge in [-0.2, -0.15) is 18.3 Å². The molecule has 0 saturated carbocycles. The number of anilines is 1. The smallest absolute Gasteiger partial charge is 0.383 e. The first-order valence-electron chi connectivity index (χ1n) is 5.54. The topological polar surface area (TPSA) is 43.8 Å². The maximum Gasteiger partial charge on any atom is 0.416 e. The lowest BCUT2D eigenvalue weighted by atomic mass is 10.1. The minimum atomic E-state index is -4.63. The summed E-state index contributed by atoms with van der Waals surface area (Å²) in [4.78, 5) is 0. The van der Waals surface area contributed by atoms with Crippen molar-refractivity contribution >= 4 is 21.7 Å². The van der Waals surface area contributed by atoms with Crippen LogP contribution in [0.15, 0.2) is 22.7 Å². The van der Waals surface area contributed by atoms with Crippen molar-refractivity contribution in [2.45, 2.75) is 19.6 Å². The van der Waals surface area contributed by atoms with E-state index < -0.39 is 17.6 Å². The molecule has 0 saturated heterocycles. The lowest BCUT2D eigenvalue weighted by Crippen LogP contribution is -2.14. The predicted molar refractivity (Wildman–Crippen MR) is 69.6 cm³/mol. The lowest BCUT2D eigenvalue weighted by molar-refractivity contribution is -0.138. The van der Waals surface area contributed by atoms with Crippen LogP contribution in [-0.4, -0.2) is 9.78 Å². The van der Waals surface area contributed by atoms with Crippen LogP contribution in [0.5, 0.6) is 0 Å². The summed E-state index contributed by atoms with van der Waals surface area (Å²) in [6.07, 6.45) is -4.63. The first-order valence-corrected chi connectivity index (χ1v) is 6.33. The van der Waals surface area contributed by atoms with Gasteiger partial charge in [-0.3, -0.25) is 0 Å². The van der Waals surface area contributed by atoms with Gasteiger partial charge < -0.3 is 5.73 Å². The summed E-state index contributed by atoms with van der Waals surface area (Å²) in [5.41, 5.74) is 5.18. The zero-order chi connectivity index (χ0) is 15.1. The van der Waals surface area contributed by atoms with Crippen LogP contribution in [-0.2, 0) is 12.7 Å². The summed E-state index contributed by atoms with van der Waals surface area (Å²) >= 11 is 3.19. The molecule has 2 N–H and O–H groups in total. The Morgan fingerprint density at radius 2 is 2.00 bits per heavy atom. The van der Waals surface area contributed by atoms with E-state index in [9.17, 15) is 17.6 Å². The second-order valence-corrected chi connectivity index (χ2v) is 5.03. The Hall–Kier alpha value is -1.57. The molecule has 2 aromatic rings. The van der Waals surface area contributed by atoms with Crippen LogP contribution in [0.3, 0.4) is 0 Å². The third-order valence-corrected chi connectivity index (χ3v) is 3.77. The van der Waals surface area contributed by atoms with Crippen LogP contribution < -0.4 is 5.73 Å². The van der Waals surface area contributed by atoms with Crippen molar-refractivity contribution < 1.29 is 17.6 Å². The number of nitrogen functional groups attached to an aromatic ring is 1. The molecule has 0 atom stereocenters. The summed E-state index contributed by atoms with van der Waals surface area (Å²) in [5.74, 6) is -0.716. The number of aryl methyl sites for hydroxylation is 1. The Kier molecular flexibility index (Phi) is 3.77. The standard InChI is InChI=1S/C12H10BrF4N3/c1-6-10(13)11(18)20(19-6)5-7-2-3-8(14)4-9(7)12(15,16)17/h2-4H,5,18H2,1H3. The number of nitrogens with two attached hydrogens (primary N) is 1. The molecular weight excluding hydrogens is 342 g/mol. The van der Waals surface area contributed by atoms with Gasteiger partial charge in [-0.25, -0.2) is 9.07 Å². The molecule has 0 bridgehead atoms. The lowest BCUT2D eigenvalue weighted by Gasteiger charge is -2.13. The number of hydrogen-bond acceptors (Lipinski definition) is 2. The largest absolute Gasteiger partial charge is 0.416 e. The maximum absolute atomic E-state index is 13.0. The molecule has 108 valence electrons. The first-order chi connectivity index (χ1) is 9.20. The number of halogens is 5. The zero-order valence-corrected chi connectivity index (χ0v) is 11.9. The molecule has 2 rings (SSSR count). The number of benzene rings is 1. The molecule has 0 aliphatic heterocycles. The van der Waals surface area contributed by atoms with Crippen LogP contribution >= 0.6 is 15.9 Å². The number of rotatable bonds is 2. The highest BCUT2D eigenvalue weighted by Crippen LogP contribution is 2.33. The summed E-state index contributed by atoms with van der Waals surface area (Å²) in [6, 6.07) is 2.53. The first kappa shape index (κ1) is 14.8. The van der Waals surface area contributed by atoms with Gasteiger partial charge in [0.15, 0.2) is 0 Å². The molecule has 0 spiro atoms. The van der Waals surface area contributed by atoms with Gasteiger partial charge in [-0.15, -0.1) is 0 Å². The van der Waals surface area contributed by atoms with Crippen LogP contribution in [0.2, 0.25) is 0 Å². The molecule has 0 fully saturated rings. The van der Waals surface area contributed by atoms with Gasteiger partial charge in [0.1, 0.15) is 11.6 Å². The van der Waals surface area contributed by atoms with Gasteiger partial charge in [0.05, 0.1) is 22.3 Å². The van der Waals surface area contributed by atoms with Gasteiger partial charge in [0, 0.05) is 0 Å². The van der Waals surface area contributed by atoms with Crippen LogP contribution in [0, 0.1) is 12.7 Å². The van der Waals surface area contributed by atoms with Crippen LogP contribution in [0.25, 0.3) is 0 Å². The summed E-state index contributed by atoms with van der Waals surface area (Å²) in [6.45, 7) is 1.49. The Labute approximate surface area is 120 Å². The molecule has 1 heterocycles. The highest BCUT2D eigenvalue weighted by atomic mass is 79.9. The normalized spacial score (nSPS) is 11.9. The zero-order valence-electron chi connectivity index (χ0n) is 10.3. The fourth-order valence-corrected chi connectivity index (χ4v) is 2.09. The third kappa shape index (κ3) is 2.79. The molecule has 20 heavy (non-hydrogen) atoms. The Morgan fingerprint density at radius 1 is 1.35 bits per heavy atom. The molecule has 3 nitrogen and oxygen atoms in total. The van der Waals surface area contributed by atoms with E-state index in [1.807, 2.05) is 0 Å². The molecule has 1 aromatic heterocycles. The quantitative estimate of drug-likeness (QED) is 0.837. The minimum absolute atomic E-state index is 0.0967. The average Bonchev–Trinajstić information content (AvgIpc) is 2.58. The van der Waals surface area contributed by atoms with E-state index in [1.165, 1.54) is 4.68 Å². The van der Waals surface area contributed by atoms with Crippen molar-refractivity contribution in [3.8, 4) is 0 Å². The van der Waals surface area contributed by atoms with Crippen LogP contribution in [0.1, 0.15) is 16.8 Å². The molecule has 1 aromatic carbocycles. The van der Waals surface area contributed by atoms with Crippen molar-refractivity contribution in [1.82, 2.24) is 9.78 Å². The van der Waals surface area contributed by atoms with Crippen molar-refractivity contribution in [2.24, 2.45) is 0 Å². The van der Waals surface area contributed by atoms with Gasteiger partial charge in [-0.05, 0) is 40.5 Å². The van der Waals surface area contributed by atoms with E-state index in [4.69, 9.17) is 5.73 Å². The van der Waals surface area contributed by atoms with E-state index in [-0.39, 0.29) is 17.9 Å². The van der Waals surface area contributed by atoms with Crippen molar-refractivity contribution in [1.29, 1.82) is 0 Å². The van der Waals surface area contributed by atoms with Crippen molar-refractivity contribution in [3.05, 3.63) is 45.3 Å². The fourth-order valence-electron chi connectivity index (χ4n) is 1.81. The second kappa shape index (κ2) is 5.08. The number of hydrogen-bond donors (Lipinski definition) is 1. The highest BCUT2D eigenvalue weighted by Gasteiger charge is 2.34. The third-order valence-electron chi connectivity index (χ3n) is 2.79. The monoisotopic (exact) mass is 351 g/mol. The van der Waals surface area contributed by atoms with E-state index in [1.54, 1.807) is 6.92 Å². The number of nitrogens with zero attached hydrogens (tertiary/aromatic N) is 2. The predicted octanol–water partition coefficient (Wildman–Crippen LogP) is 3.74. The number of aromatic nitrogens is 2. The van der Waals surface area contributed by atoms with E-state index in [0.717, 1.165) is 12.1 Å². The van der Waals surface area contributed by atoms with Gasteiger partial charge >= 0.3 is 6.18 Å². The van der Waals surface area contributed by atoms with E-state index in [0.29, 0.717) is 16.2 Å². The summed E-state index contributed by atoms with van der Waals surface area (Å²) in [7, 11) is 0. The van der Waals surface area contributed by atoms with E-state index >= 15 is 0 Å². The van der Waals surface area contributed by atoms with E-state index in [2.05, 4.69) is 21.0 Å². The maximum atomic E-state index is 13.0. The Balaban J connectivity index is 2.46. The summed E-state index contributed by atoms with van der Waals surface area (Å²) in [5, 5.41) is 4.03. The van der Waals surface area contributed by atoms with Gasteiger partial charge in [0.25, 0.3) is 0 Å².